The van der Waals surface area contributed by atoms with Gasteiger partial charge in [0.15, 0.2) is 0 Å². The third-order valence-electron chi connectivity index (χ3n) is 3.87. The van der Waals surface area contributed by atoms with Gasteiger partial charge in [0.1, 0.15) is 11.5 Å². The van der Waals surface area contributed by atoms with Crippen LogP contribution in [0, 0.1) is 0 Å². The molecule has 0 aliphatic rings. The summed E-state index contributed by atoms with van der Waals surface area (Å²) in [5, 5.41) is 21.1. The van der Waals surface area contributed by atoms with Crippen molar-refractivity contribution in [3.63, 3.8) is 0 Å². The number of aromatic hydroxyl groups is 2. The van der Waals surface area contributed by atoms with Crippen molar-refractivity contribution in [2.75, 3.05) is 0 Å². The quantitative estimate of drug-likeness (QED) is 0.826. The van der Waals surface area contributed by atoms with Crippen molar-refractivity contribution in [1.82, 2.24) is 0 Å². The molecule has 0 aromatic heterocycles. The van der Waals surface area contributed by atoms with Gasteiger partial charge in [-0.1, -0.05) is 61.3 Å². The predicted molar refractivity (Wildman–Crippen MR) is 83.0 cm³/mol. The van der Waals surface area contributed by atoms with Crippen molar-refractivity contribution >= 4 is 23.2 Å². The van der Waals surface area contributed by atoms with Gasteiger partial charge in [-0.3, -0.25) is 0 Å². The van der Waals surface area contributed by atoms with Gasteiger partial charge in [0.05, 0.1) is 10.0 Å². The molecule has 0 heterocycles. The number of hydrogen-bond donors (Lipinski definition) is 2. The van der Waals surface area contributed by atoms with Crippen LogP contribution in [-0.4, -0.2) is 10.2 Å². The van der Waals surface area contributed by atoms with Crippen LogP contribution in [0.25, 0.3) is 0 Å². The smallest absolute Gasteiger partial charge is 0.138 e. The zero-order valence-electron chi connectivity index (χ0n) is 11.3. The second kappa shape index (κ2) is 5.55. The van der Waals surface area contributed by atoms with E-state index >= 15 is 0 Å². The highest BCUT2D eigenvalue weighted by Gasteiger charge is 2.33. The Kier molecular flexibility index (Phi) is 4.17. The number of halogens is 2. The molecule has 106 valence electrons. The lowest BCUT2D eigenvalue weighted by atomic mass is 9.73. The van der Waals surface area contributed by atoms with Crippen LogP contribution in [0.5, 0.6) is 11.5 Å². The molecular weight excluding hydrogens is 295 g/mol. The van der Waals surface area contributed by atoms with Crippen LogP contribution in [0.1, 0.15) is 31.4 Å². The largest absolute Gasteiger partial charge is 0.506 e. The molecule has 0 spiro atoms. The van der Waals surface area contributed by atoms with Crippen LogP contribution in [-0.2, 0) is 5.41 Å². The van der Waals surface area contributed by atoms with E-state index in [9.17, 15) is 10.2 Å². The van der Waals surface area contributed by atoms with E-state index in [1.165, 1.54) is 0 Å². The third-order valence-corrected chi connectivity index (χ3v) is 4.48. The molecule has 0 saturated heterocycles. The molecule has 4 heteroatoms. The summed E-state index contributed by atoms with van der Waals surface area (Å²) >= 11 is 12.0. The summed E-state index contributed by atoms with van der Waals surface area (Å²) in [5.41, 5.74) is 0.763. The van der Waals surface area contributed by atoms with Crippen molar-refractivity contribution in [3.05, 3.63) is 57.6 Å². The van der Waals surface area contributed by atoms with Crippen molar-refractivity contribution in [1.29, 1.82) is 0 Å². The Morgan fingerprint density at radius 3 is 1.65 bits per heavy atom. The first-order valence-electron chi connectivity index (χ1n) is 6.37. The van der Waals surface area contributed by atoms with E-state index in [-0.39, 0.29) is 11.5 Å². The average molecular weight is 311 g/mol. The lowest BCUT2D eigenvalue weighted by Crippen LogP contribution is -2.23. The Hall–Kier alpha value is -1.38. The van der Waals surface area contributed by atoms with Gasteiger partial charge in [-0.05, 0) is 18.6 Å². The standard InChI is InChI=1S/C16H16Cl2O2/c1-3-16(2,10-6-4-8-12(17)14(10)19)11-7-5-9-13(18)15(11)20/h4-9,19-20H,3H2,1-2H3. The maximum atomic E-state index is 10.2. The van der Waals surface area contributed by atoms with Gasteiger partial charge in [0, 0.05) is 16.5 Å². The number of hydrogen-bond acceptors (Lipinski definition) is 2. The van der Waals surface area contributed by atoms with Crippen LogP contribution < -0.4 is 0 Å². The van der Waals surface area contributed by atoms with Crippen molar-refractivity contribution in [3.8, 4) is 11.5 Å². The van der Waals surface area contributed by atoms with Crippen LogP contribution in [0.4, 0.5) is 0 Å². The highest BCUT2D eigenvalue weighted by Crippen LogP contribution is 2.46. The molecule has 2 N–H and O–H groups in total. The summed E-state index contributed by atoms with van der Waals surface area (Å²) in [6.45, 7) is 3.93. The highest BCUT2D eigenvalue weighted by molar-refractivity contribution is 6.32. The fourth-order valence-electron chi connectivity index (χ4n) is 2.45. The summed E-state index contributed by atoms with van der Waals surface area (Å²) in [5.74, 6) is 0.0794. The summed E-state index contributed by atoms with van der Waals surface area (Å²) in [6.07, 6.45) is 0.675. The molecule has 2 aromatic carbocycles. The summed E-state index contributed by atoms with van der Waals surface area (Å²) < 4.78 is 0. The molecule has 0 radical (unpaired) electrons. The maximum Gasteiger partial charge on any atom is 0.138 e. The normalized spacial score (nSPS) is 11.6. The van der Waals surface area contributed by atoms with Gasteiger partial charge >= 0.3 is 0 Å². The topological polar surface area (TPSA) is 40.5 Å². The Morgan fingerprint density at radius 1 is 0.900 bits per heavy atom. The Bertz CT molecular complexity index is 587. The van der Waals surface area contributed by atoms with Gasteiger partial charge < -0.3 is 10.2 Å². The minimum Gasteiger partial charge on any atom is -0.506 e. The number of phenols is 2. The molecule has 0 bridgehead atoms. The molecule has 0 aliphatic carbocycles. The molecule has 2 nitrogen and oxygen atoms in total. The van der Waals surface area contributed by atoms with E-state index in [0.29, 0.717) is 27.6 Å². The second-order valence-corrected chi connectivity index (χ2v) is 5.77. The van der Waals surface area contributed by atoms with E-state index in [2.05, 4.69) is 0 Å². The lowest BCUT2D eigenvalue weighted by molar-refractivity contribution is 0.420. The van der Waals surface area contributed by atoms with Crippen molar-refractivity contribution < 1.29 is 10.2 Å². The van der Waals surface area contributed by atoms with Gasteiger partial charge in [-0.2, -0.15) is 0 Å². The van der Waals surface area contributed by atoms with Gasteiger partial charge in [0.2, 0.25) is 0 Å². The second-order valence-electron chi connectivity index (χ2n) is 4.96. The Morgan fingerprint density at radius 2 is 1.30 bits per heavy atom. The summed E-state index contributed by atoms with van der Waals surface area (Å²) in [4.78, 5) is 0. The molecule has 2 aromatic rings. The molecule has 0 fully saturated rings. The zero-order valence-corrected chi connectivity index (χ0v) is 12.8. The van der Waals surface area contributed by atoms with Gasteiger partial charge in [0.25, 0.3) is 0 Å². The van der Waals surface area contributed by atoms with Crippen molar-refractivity contribution in [2.24, 2.45) is 0 Å². The Labute approximate surface area is 128 Å². The van der Waals surface area contributed by atoms with Crippen LogP contribution >= 0.6 is 23.2 Å². The fourth-order valence-corrected chi connectivity index (χ4v) is 2.80. The van der Waals surface area contributed by atoms with E-state index in [0.717, 1.165) is 0 Å². The number of benzene rings is 2. The first-order valence-corrected chi connectivity index (χ1v) is 7.13. The van der Waals surface area contributed by atoms with Gasteiger partial charge in [-0.15, -0.1) is 0 Å². The first-order chi connectivity index (χ1) is 9.41. The molecule has 0 aliphatic heterocycles. The zero-order chi connectivity index (χ0) is 14.9. The molecule has 0 amide bonds. The minimum absolute atomic E-state index is 0.0397. The van der Waals surface area contributed by atoms with E-state index < -0.39 is 5.41 Å². The van der Waals surface area contributed by atoms with Crippen LogP contribution in [0.3, 0.4) is 0 Å². The molecule has 0 saturated carbocycles. The molecule has 2 rings (SSSR count). The monoisotopic (exact) mass is 310 g/mol. The number of phenolic OH excluding ortho intramolecular Hbond substituents is 2. The average Bonchev–Trinajstić information content (AvgIpc) is 2.44. The third kappa shape index (κ3) is 2.34. The van der Waals surface area contributed by atoms with Gasteiger partial charge in [-0.25, -0.2) is 0 Å². The number of rotatable bonds is 3. The molecule has 0 unspecified atom stereocenters. The molecule has 0 atom stereocenters. The van der Waals surface area contributed by atoms with E-state index in [4.69, 9.17) is 23.2 Å². The first kappa shape index (κ1) is 15.0. The van der Waals surface area contributed by atoms with E-state index in [1.807, 2.05) is 26.0 Å². The van der Waals surface area contributed by atoms with E-state index in [1.54, 1.807) is 24.3 Å². The number of para-hydroxylation sites is 2. The predicted octanol–water partition coefficient (Wildman–Crippen LogP) is 5.12. The Balaban J connectivity index is 2.71. The van der Waals surface area contributed by atoms with Crippen LogP contribution in [0.2, 0.25) is 10.0 Å². The maximum absolute atomic E-state index is 10.2. The SMILES string of the molecule is CCC(C)(c1cccc(Cl)c1O)c1cccc(Cl)c1O. The summed E-state index contributed by atoms with van der Waals surface area (Å²) in [6, 6.07) is 10.5. The molecular formula is C16H16Cl2O2. The molecule has 20 heavy (non-hydrogen) atoms. The highest BCUT2D eigenvalue weighted by atomic mass is 35.5. The van der Waals surface area contributed by atoms with Crippen LogP contribution in [0.15, 0.2) is 36.4 Å². The fraction of sp³-hybridized carbons (Fsp3) is 0.250. The minimum atomic E-state index is -0.579. The lowest BCUT2D eigenvalue weighted by Gasteiger charge is -2.31. The van der Waals surface area contributed by atoms with Crippen molar-refractivity contribution in [2.45, 2.75) is 25.7 Å². The summed E-state index contributed by atoms with van der Waals surface area (Å²) in [7, 11) is 0.